The Balaban J connectivity index is 2.01. The molecule has 2 amide bonds. The topological polar surface area (TPSA) is 32.3 Å². The second-order valence-corrected chi connectivity index (χ2v) is 4.85. The van der Waals surface area contributed by atoms with E-state index in [0.717, 1.165) is 31.6 Å². The van der Waals surface area contributed by atoms with E-state index in [1.807, 2.05) is 30.9 Å². The van der Waals surface area contributed by atoms with Crippen LogP contribution in [0.2, 0.25) is 0 Å². The van der Waals surface area contributed by atoms with Gasteiger partial charge in [0.05, 0.1) is 0 Å². The summed E-state index contributed by atoms with van der Waals surface area (Å²) in [4.78, 5) is 13.9. The van der Waals surface area contributed by atoms with Gasteiger partial charge >= 0.3 is 6.03 Å². The van der Waals surface area contributed by atoms with Gasteiger partial charge in [0.2, 0.25) is 0 Å². The average molecular weight is 232 g/mol. The minimum Gasteiger partial charge on any atom is -0.325 e. The molecule has 17 heavy (non-hydrogen) atoms. The number of hydrogen-bond donors (Lipinski definition) is 1. The lowest BCUT2D eigenvalue weighted by atomic mass is 10.1. The highest BCUT2D eigenvalue weighted by Gasteiger charge is 2.16. The molecule has 1 aliphatic rings. The molecule has 1 saturated heterocycles. The number of urea groups is 1. The highest BCUT2D eigenvalue weighted by molar-refractivity contribution is 5.89. The average Bonchev–Trinajstić information content (AvgIpc) is 2.28. The molecule has 1 fully saturated rings. The van der Waals surface area contributed by atoms with Crippen LogP contribution < -0.4 is 5.32 Å². The molecule has 0 aliphatic carbocycles. The maximum atomic E-state index is 12.0. The van der Waals surface area contributed by atoms with Crippen molar-refractivity contribution >= 4 is 11.7 Å². The number of piperidine rings is 1. The number of nitrogens with zero attached hydrogens (tertiary/aromatic N) is 1. The van der Waals surface area contributed by atoms with Crippen molar-refractivity contribution in [3.63, 3.8) is 0 Å². The summed E-state index contributed by atoms with van der Waals surface area (Å²) >= 11 is 0. The molecule has 1 N–H and O–H groups in total. The number of rotatable bonds is 1. The standard InChI is InChI=1S/C14H20N2O/c1-11-8-12(2)10-13(9-11)15-14(17)16-6-4-3-5-7-16/h8-10H,3-7H2,1-2H3,(H,15,17). The van der Waals surface area contributed by atoms with E-state index in [9.17, 15) is 4.79 Å². The molecule has 0 spiro atoms. The van der Waals surface area contributed by atoms with Crippen molar-refractivity contribution in [2.75, 3.05) is 18.4 Å². The molecule has 3 nitrogen and oxygen atoms in total. The van der Waals surface area contributed by atoms with E-state index in [1.54, 1.807) is 0 Å². The molecule has 0 radical (unpaired) electrons. The van der Waals surface area contributed by atoms with Crippen LogP contribution in [0.15, 0.2) is 18.2 Å². The fourth-order valence-corrected chi connectivity index (χ4v) is 2.35. The lowest BCUT2D eigenvalue weighted by molar-refractivity contribution is 0.200. The number of amides is 2. The van der Waals surface area contributed by atoms with Crippen molar-refractivity contribution in [1.29, 1.82) is 0 Å². The minimum absolute atomic E-state index is 0.0368. The first-order valence-corrected chi connectivity index (χ1v) is 6.29. The third kappa shape index (κ3) is 3.22. The quantitative estimate of drug-likeness (QED) is 0.791. The predicted octanol–water partition coefficient (Wildman–Crippen LogP) is 3.32. The van der Waals surface area contributed by atoms with Crippen LogP contribution in [-0.4, -0.2) is 24.0 Å². The molecule has 2 rings (SSSR count). The molecule has 0 atom stereocenters. The first kappa shape index (κ1) is 12.0. The van der Waals surface area contributed by atoms with Crippen LogP contribution in [0, 0.1) is 13.8 Å². The number of carbonyl (C=O) groups excluding carboxylic acids is 1. The Hall–Kier alpha value is -1.51. The Morgan fingerprint density at radius 3 is 2.24 bits per heavy atom. The van der Waals surface area contributed by atoms with Crippen molar-refractivity contribution < 1.29 is 4.79 Å². The Morgan fingerprint density at radius 1 is 1.06 bits per heavy atom. The number of carbonyl (C=O) groups is 1. The predicted molar refractivity (Wildman–Crippen MR) is 70.4 cm³/mol. The zero-order chi connectivity index (χ0) is 12.3. The zero-order valence-corrected chi connectivity index (χ0v) is 10.6. The smallest absolute Gasteiger partial charge is 0.321 e. The highest BCUT2D eigenvalue weighted by atomic mass is 16.2. The van der Waals surface area contributed by atoms with Gasteiger partial charge < -0.3 is 10.2 Å². The summed E-state index contributed by atoms with van der Waals surface area (Å²) in [5.74, 6) is 0. The third-order valence-electron chi connectivity index (χ3n) is 3.12. The normalized spacial score (nSPS) is 15.8. The summed E-state index contributed by atoms with van der Waals surface area (Å²) in [6.45, 7) is 5.86. The van der Waals surface area contributed by atoms with Crippen molar-refractivity contribution in [3.05, 3.63) is 29.3 Å². The molecule has 0 saturated carbocycles. The van der Waals surface area contributed by atoms with E-state index in [2.05, 4.69) is 11.4 Å². The van der Waals surface area contributed by atoms with Gasteiger partial charge in [0, 0.05) is 18.8 Å². The van der Waals surface area contributed by atoms with E-state index in [-0.39, 0.29) is 6.03 Å². The first-order chi connectivity index (χ1) is 8.15. The largest absolute Gasteiger partial charge is 0.325 e. The maximum Gasteiger partial charge on any atom is 0.321 e. The molecule has 3 heteroatoms. The van der Waals surface area contributed by atoms with Crippen LogP contribution in [0.4, 0.5) is 10.5 Å². The van der Waals surface area contributed by atoms with E-state index >= 15 is 0 Å². The van der Waals surface area contributed by atoms with E-state index in [0.29, 0.717) is 0 Å². The molecule has 1 aromatic rings. The summed E-state index contributed by atoms with van der Waals surface area (Å²) in [5.41, 5.74) is 3.26. The maximum absolute atomic E-state index is 12.0. The molecule has 1 aromatic carbocycles. The minimum atomic E-state index is 0.0368. The summed E-state index contributed by atoms with van der Waals surface area (Å²) in [5, 5.41) is 2.98. The second kappa shape index (κ2) is 5.21. The molecule has 0 unspecified atom stereocenters. The molecule has 0 bridgehead atoms. The van der Waals surface area contributed by atoms with Crippen LogP contribution >= 0.6 is 0 Å². The monoisotopic (exact) mass is 232 g/mol. The molecule has 92 valence electrons. The number of nitrogens with one attached hydrogen (secondary N) is 1. The summed E-state index contributed by atoms with van der Waals surface area (Å²) in [6.07, 6.45) is 3.49. The van der Waals surface area contributed by atoms with Crippen LogP contribution in [0.5, 0.6) is 0 Å². The van der Waals surface area contributed by atoms with Gasteiger partial charge in [0.1, 0.15) is 0 Å². The van der Waals surface area contributed by atoms with Crippen molar-refractivity contribution in [2.24, 2.45) is 0 Å². The molecule has 0 aromatic heterocycles. The summed E-state index contributed by atoms with van der Waals surface area (Å²) in [6, 6.07) is 6.16. The number of hydrogen-bond acceptors (Lipinski definition) is 1. The Labute approximate surface area is 103 Å². The van der Waals surface area contributed by atoms with Crippen molar-refractivity contribution in [1.82, 2.24) is 4.90 Å². The van der Waals surface area contributed by atoms with Crippen LogP contribution in [0.25, 0.3) is 0 Å². The number of likely N-dealkylation sites (tertiary alicyclic amines) is 1. The van der Waals surface area contributed by atoms with Crippen LogP contribution in [-0.2, 0) is 0 Å². The molecular weight excluding hydrogens is 212 g/mol. The lowest BCUT2D eigenvalue weighted by Crippen LogP contribution is -2.38. The van der Waals surface area contributed by atoms with Crippen molar-refractivity contribution in [3.8, 4) is 0 Å². The van der Waals surface area contributed by atoms with E-state index < -0.39 is 0 Å². The van der Waals surface area contributed by atoms with Gasteiger partial charge in [-0.1, -0.05) is 6.07 Å². The number of aryl methyl sites for hydroxylation is 2. The Bertz CT molecular complexity index is 388. The molecule has 1 heterocycles. The first-order valence-electron chi connectivity index (χ1n) is 6.29. The highest BCUT2D eigenvalue weighted by Crippen LogP contribution is 2.16. The van der Waals surface area contributed by atoms with Crippen molar-refractivity contribution in [2.45, 2.75) is 33.1 Å². The summed E-state index contributed by atoms with van der Waals surface area (Å²) < 4.78 is 0. The van der Waals surface area contributed by atoms with Gasteiger partial charge in [-0.25, -0.2) is 4.79 Å². The van der Waals surface area contributed by atoms with Crippen LogP contribution in [0.1, 0.15) is 30.4 Å². The SMILES string of the molecule is Cc1cc(C)cc(NC(=O)N2CCCCC2)c1. The third-order valence-corrected chi connectivity index (χ3v) is 3.12. The Morgan fingerprint density at radius 2 is 1.65 bits per heavy atom. The number of benzene rings is 1. The second-order valence-electron chi connectivity index (χ2n) is 4.85. The number of anilines is 1. The van der Waals surface area contributed by atoms with Gasteiger partial charge in [0.25, 0.3) is 0 Å². The van der Waals surface area contributed by atoms with Gasteiger partial charge in [-0.15, -0.1) is 0 Å². The summed E-state index contributed by atoms with van der Waals surface area (Å²) in [7, 11) is 0. The van der Waals surface area contributed by atoms with Gasteiger partial charge in [-0.05, 0) is 56.4 Å². The molecular formula is C14H20N2O. The van der Waals surface area contributed by atoms with Gasteiger partial charge in [-0.3, -0.25) is 0 Å². The Kier molecular flexibility index (Phi) is 3.67. The van der Waals surface area contributed by atoms with Gasteiger partial charge in [0.15, 0.2) is 0 Å². The zero-order valence-electron chi connectivity index (χ0n) is 10.6. The van der Waals surface area contributed by atoms with E-state index in [1.165, 1.54) is 17.5 Å². The van der Waals surface area contributed by atoms with Crippen LogP contribution in [0.3, 0.4) is 0 Å². The van der Waals surface area contributed by atoms with Gasteiger partial charge in [-0.2, -0.15) is 0 Å². The fourth-order valence-electron chi connectivity index (χ4n) is 2.35. The molecule has 1 aliphatic heterocycles. The fraction of sp³-hybridized carbons (Fsp3) is 0.500. The lowest BCUT2D eigenvalue weighted by Gasteiger charge is -2.26. The van der Waals surface area contributed by atoms with E-state index in [4.69, 9.17) is 0 Å².